The maximum atomic E-state index is 5.77. The minimum absolute atomic E-state index is 0.333. The van der Waals surface area contributed by atoms with Gasteiger partial charge in [-0.05, 0) is 37.1 Å². The number of hydrogen-bond donors (Lipinski definition) is 2. The van der Waals surface area contributed by atoms with Crippen molar-refractivity contribution in [1.82, 2.24) is 15.6 Å². The van der Waals surface area contributed by atoms with Gasteiger partial charge < -0.3 is 10.6 Å². The van der Waals surface area contributed by atoms with E-state index in [-0.39, 0.29) is 0 Å². The molecule has 1 fully saturated rings. The fourth-order valence-electron chi connectivity index (χ4n) is 2.16. The van der Waals surface area contributed by atoms with Crippen molar-refractivity contribution in [2.24, 2.45) is 4.99 Å². The Kier molecular flexibility index (Phi) is 5.54. The van der Waals surface area contributed by atoms with Crippen LogP contribution in [0.5, 0.6) is 0 Å². The molecule has 0 saturated carbocycles. The highest BCUT2D eigenvalue weighted by molar-refractivity contribution is 8.00. The molecule has 0 aliphatic carbocycles. The van der Waals surface area contributed by atoms with Gasteiger partial charge in [0, 0.05) is 31.1 Å². The fraction of sp³-hybridized carbons (Fsp3) is 0.571. The monoisotopic (exact) mass is 312 g/mol. The van der Waals surface area contributed by atoms with Gasteiger partial charge in [0.15, 0.2) is 5.96 Å². The van der Waals surface area contributed by atoms with Gasteiger partial charge in [0.1, 0.15) is 5.15 Å². The molecule has 1 saturated heterocycles. The molecule has 20 heavy (non-hydrogen) atoms. The zero-order valence-corrected chi connectivity index (χ0v) is 13.5. The molecule has 2 heterocycles. The van der Waals surface area contributed by atoms with Crippen molar-refractivity contribution in [3.63, 3.8) is 0 Å². The molecule has 0 radical (unpaired) electrons. The molecule has 4 nitrogen and oxygen atoms in total. The molecule has 6 heteroatoms. The number of aromatic nitrogens is 1. The highest BCUT2D eigenvalue weighted by Crippen LogP contribution is 2.36. The largest absolute Gasteiger partial charge is 0.355 e. The van der Waals surface area contributed by atoms with E-state index in [1.807, 2.05) is 17.8 Å². The molecule has 0 aromatic carbocycles. The number of aliphatic imine (C=N–C) groups is 1. The molecule has 0 spiro atoms. The Morgan fingerprint density at radius 2 is 2.35 bits per heavy atom. The summed E-state index contributed by atoms with van der Waals surface area (Å²) in [7, 11) is 1.79. The third-order valence-corrected chi connectivity index (χ3v) is 5.16. The van der Waals surface area contributed by atoms with Crippen molar-refractivity contribution >= 4 is 29.3 Å². The van der Waals surface area contributed by atoms with Gasteiger partial charge in [0.2, 0.25) is 0 Å². The third kappa shape index (κ3) is 4.56. The number of nitrogens with zero attached hydrogens (tertiary/aromatic N) is 2. The zero-order chi connectivity index (χ0) is 14.4. The number of rotatable bonds is 4. The van der Waals surface area contributed by atoms with Gasteiger partial charge >= 0.3 is 0 Å². The lowest BCUT2D eigenvalue weighted by atomic mass is 10.1. The van der Waals surface area contributed by atoms with E-state index in [4.69, 9.17) is 11.6 Å². The van der Waals surface area contributed by atoms with E-state index in [2.05, 4.69) is 27.5 Å². The second kappa shape index (κ2) is 7.18. The van der Waals surface area contributed by atoms with Crippen LogP contribution in [0.4, 0.5) is 0 Å². The Balaban J connectivity index is 1.79. The molecule has 2 rings (SSSR count). The number of guanidine groups is 1. The minimum atomic E-state index is 0.333. The van der Waals surface area contributed by atoms with Crippen molar-refractivity contribution in [3.05, 3.63) is 29.0 Å². The van der Waals surface area contributed by atoms with Crippen LogP contribution in [0, 0.1) is 0 Å². The first-order chi connectivity index (χ1) is 9.61. The summed E-state index contributed by atoms with van der Waals surface area (Å²) in [6, 6.07) is 3.76. The summed E-state index contributed by atoms with van der Waals surface area (Å²) in [6.07, 6.45) is 4.35. The molecule has 1 aromatic rings. The molecule has 1 atom stereocenters. The van der Waals surface area contributed by atoms with E-state index in [0.717, 1.165) is 18.1 Å². The van der Waals surface area contributed by atoms with Crippen LogP contribution >= 0.6 is 23.4 Å². The minimum Gasteiger partial charge on any atom is -0.355 e. The lowest BCUT2D eigenvalue weighted by molar-refractivity contribution is 0.584. The third-order valence-electron chi connectivity index (χ3n) is 3.40. The van der Waals surface area contributed by atoms with E-state index >= 15 is 0 Å². The van der Waals surface area contributed by atoms with Gasteiger partial charge in [-0.25, -0.2) is 4.98 Å². The summed E-state index contributed by atoms with van der Waals surface area (Å²) in [4.78, 5) is 8.32. The first-order valence-corrected chi connectivity index (χ1v) is 8.17. The van der Waals surface area contributed by atoms with Gasteiger partial charge in [-0.3, -0.25) is 4.99 Å². The second-order valence-corrected chi connectivity index (χ2v) is 7.24. The molecular formula is C14H21ClN4S. The number of nitrogens with one attached hydrogen (secondary N) is 2. The van der Waals surface area contributed by atoms with Gasteiger partial charge in [-0.1, -0.05) is 17.7 Å². The van der Waals surface area contributed by atoms with Crippen LogP contribution in [-0.2, 0) is 6.54 Å². The van der Waals surface area contributed by atoms with Gasteiger partial charge in [0.25, 0.3) is 0 Å². The van der Waals surface area contributed by atoms with Crippen molar-refractivity contribution < 1.29 is 0 Å². The van der Waals surface area contributed by atoms with E-state index in [1.165, 1.54) is 18.6 Å². The Morgan fingerprint density at radius 3 is 2.95 bits per heavy atom. The van der Waals surface area contributed by atoms with Crippen LogP contribution in [0.2, 0.25) is 5.15 Å². The van der Waals surface area contributed by atoms with Crippen LogP contribution in [-0.4, -0.2) is 35.0 Å². The summed E-state index contributed by atoms with van der Waals surface area (Å²) >= 11 is 7.81. The highest BCUT2D eigenvalue weighted by Gasteiger charge is 2.29. The maximum absolute atomic E-state index is 5.77. The zero-order valence-electron chi connectivity index (χ0n) is 11.9. The number of halogens is 1. The highest BCUT2D eigenvalue weighted by atomic mass is 35.5. The molecule has 2 N–H and O–H groups in total. The number of hydrogen-bond acceptors (Lipinski definition) is 3. The lowest BCUT2D eigenvalue weighted by Gasteiger charge is -2.24. The van der Waals surface area contributed by atoms with Crippen molar-refractivity contribution in [1.29, 1.82) is 0 Å². The maximum Gasteiger partial charge on any atom is 0.191 e. The van der Waals surface area contributed by atoms with Crippen molar-refractivity contribution in [3.8, 4) is 0 Å². The second-order valence-electron chi connectivity index (χ2n) is 5.17. The van der Waals surface area contributed by atoms with E-state index in [9.17, 15) is 0 Å². The molecule has 1 aliphatic heterocycles. The van der Waals surface area contributed by atoms with Crippen LogP contribution in [0.25, 0.3) is 0 Å². The standard InChI is InChI=1S/C14H21ClN4S/c1-14(6-3-7-20-14)10-19-13(16-2)18-9-11-4-5-12(15)17-8-11/h4-5,8H,3,6-7,9-10H2,1-2H3,(H2,16,18,19). The normalized spacial score (nSPS) is 22.9. The van der Waals surface area contributed by atoms with E-state index < -0.39 is 0 Å². The van der Waals surface area contributed by atoms with E-state index in [0.29, 0.717) is 16.4 Å². The summed E-state index contributed by atoms with van der Waals surface area (Å²) in [5.74, 6) is 2.09. The Labute approximate surface area is 129 Å². The average molecular weight is 313 g/mol. The quantitative estimate of drug-likeness (QED) is 0.510. The van der Waals surface area contributed by atoms with Crippen LogP contribution in [0.15, 0.2) is 23.3 Å². The lowest BCUT2D eigenvalue weighted by Crippen LogP contribution is -2.43. The summed E-state index contributed by atoms with van der Waals surface area (Å²) < 4.78 is 0.333. The Morgan fingerprint density at radius 1 is 1.50 bits per heavy atom. The summed E-state index contributed by atoms with van der Waals surface area (Å²) in [5.41, 5.74) is 1.08. The number of thioether (sulfide) groups is 1. The van der Waals surface area contributed by atoms with Crippen molar-refractivity contribution in [2.75, 3.05) is 19.3 Å². The predicted molar refractivity (Wildman–Crippen MR) is 87.5 cm³/mol. The van der Waals surface area contributed by atoms with Crippen LogP contribution < -0.4 is 10.6 Å². The Bertz CT molecular complexity index is 455. The fourth-order valence-corrected chi connectivity index (χ4v) is 3.52. The van der Waals surface area contributed by atoms with Crippen LogP contribution in [0.1, 0.15) is 25.3 Å². The molecule has 110 valence electrons. The molecule has 1 aliphatic rings. The molecular weight excluding hydrogens is 292 g/mol. The molecule has 1 aromatic heterocycles. The molecule has 1 unspecified atom stereocenters. The molecule has 0 bridgehead atoms. The SMILES string of the molecule is CN=C(NCc1ccc(Cl)nc1)NCC1(C)CCCS1. The van der Waals surface area contributed by atoms with Gasteiger partial charge in [-0.15, -0.1) is 0 Å². The van der Waals surface area contributed by atoms with Gasteiger partial charge in [-0.2, -0.15) is 11.8 Å². The van der Waals surface area contributed by atoms with Crippen LogP contribution in [0.3, 0.4) is 0 Å². The smallest absolute Gasteiger partial charge is 0.191 e. The van der Waals surface area contributed by atoms with Gasteiger partial charge in [0.05, 0.1) is 0 Å². The predicted octanol–water partition coefficient (Wildman–Crippen LogP) is 2.69. The first-order valence-electron chi connectivity index (χ1n) is 6.80. The molecule has 0 amide bonds. The average Bonchev–Trinajstić information content (AvgIpc) is 2.88. The topological polar surface area (TPSA) is 49.3 Å². The first kappa shape index (κ1) is 15.4. The number of pyridine rings is 1. The summed E-state index contributed by atoms with van der Waals surface area (Å²) in [6.45, 7) is 3.94. The Hall–Kier alpha value is -0.940. The van der Waals surface area contributed by atoms with Crippen molar-refractivity contribution in [2.45, 2.75) is 31.1 Å². The summed E-state index contributed by atoms with van der Waals surface area (Å²) in [5, 5.41) is 7.21. The van der Waals surface area contributed by atoms with E-state index in [1.54, 1.807) is 19.3 Å².